The van der Waals surface area contributed by atoms with Gasteiger partial charge < -0.3 is 9.64 Å². The second-order valence-electron chi connectivity index (χ2n) is 7.44. The number of hydrogen-bond donors (Lipinski definition) is 0. The van der Waals surface area contributed by atoms with Crippen LogP contribution in [-0.2, 0) is 0 Å². The van der Waals surface area contributed by atoms with Gasteiger partial charge in [0.1, 0.15) is 0 Å². The molecular weight excluding hydrogens is 396 g/mol. The Bertz CT molecular complexity index is 1150. The van der Waals surface area contributed by atoms with Gasteiger partial charge in [-0.25, -0.2) is 9.67 Å². The molecule has 0 N–H and O–H groups in total. The van der Waals surface area contributed by atoms with Crippen LogP contribution in [0.3, 0.4) is 0 Å². The van der Waals surface area contributed by atoms with E-state index in [2.05, 4.69) is 11.2 Å². The van der Waals surface area contributed by atoms with E-state index in [-0.39, 0.29) is 11.8 Å². The molecule has 0 saturated carbocycles. The van der Waals surface area contributed by atoms with E-state index in [1.807, 2.05) is 53.4 Å². The molecule has 7 heteroatoms. The highest BCUT2D eigenvalue weighted by Crippen LogP contribution is 2.34. The molecule has 0 aliphatic carbocycles. The highest BCUT2D eigenvalue weighted by Gasteiger charge is 2.30. The number of aromatic nitrogens is 3. The first-order chi connectivity index (χ1) is 14.7. The zero-order valence-electron chi connectivity index (χ0n) is 16.7. The van der Waals surface area contributed by atoms with E-state index in [1.165, 1.54) is 4.70 Å². The molecule has 3 heterocycles. The van der Waals surface area contributed by atoms with Crippen molar-refractivity contribution in [3.63, 3.8) is 0 Å². The molecule has 5 rings (SSSR count). The minimum Gasteiger partial charge on any atom is -0.493 e. The minimum atomic E-state index is -0.0904. The number of likely N-dealkylation sites (tertiary alicyclic amines) is 1. The summed E-state index contributed by atoms with van der Waals surface area (Å²) in [5, 5.41) is 5.65. The molecule has 2 aromatic heterocycles. The Balaban J connectivity index is 1.40. The van der Waals surface area contributed by atoms with Crippen molar-refractivity contribution in [3.8, 4) is 11.4 Å². The standard InChI is InChI=1S/C23H22N4O2S/c1-29-19-15-27(17-9-3-2-4-10-17)25-21(19)23(28)26-13-7-8-16(14-26)22-24-18-11-5-6-12-20(18)30-22/h2-6,9-12,15-16H,7-8,13-14H2,1H3/t16-/m1/s1. The van der Waals surface area contributed by atoms with Gasteiger partial charge in [0, 0.05) is 19.0 Å². The highest BCUT2D eigenvalue weighted by atomic mass is 32.1. The molecule has 1 amide bonds. The molecule has 0 unspecified atom stereocenters. The lowest BCUT2D eigenvalue weighted by Gasteiger charge is -2.31. The number of piperidine rings is 1. The molecule has 4 aromatic rings. The van der Waals surface area contributed by atoms with Crippen LogP contribution < -0.4 is 4.74 Å². The van der Waals surface area contributed by atoms with Crippen molar-refractivity contribution in [2.24, 2.45) is 0 Å². The Morgan fingerprint density at radius 1 is 1.13 bits per heavy atom. The lowest BCUT2D eigenvalue weighted by molar-refractivity contribution is 0.0697. The fourth-order valence-electron chi connectivity index (χ4n) is 3.95. The van der Waals surface area contributed by atoms with Gasteiger partial charge >= 0.3 is 0 Å². The average molecular weight is 419 g/mol. The monoisotopic (exact) mass is 418 g/mol. The summed E-state index contributed by atoms with van der Waals surface area (Å²) < 4.78 is 8.36. The number of methoxy groups -OCH3 is 1. The van der Waals surface area contributed by atoms with Gasteiger partial charge in [-0.2, -0.15) is 5.10 Å². The van der Waals surface area contributed by atoms with Crippen LogP contribution in [-0.4, -0.2) is 45.8 Å². The van der Waals surface area contributed by atoms with Gasteiger partial charge in [0.2, 0.25) is 0 Å². The smallest absolute Gasteiger partial charge is 0.278 e. The first-order valence-corrected chi connectivity index (χ1v) is 10.9. The van der Waals surface area contributed by atoms with E-state index in [0.29, 0.717) is 18.0 Å². The summed E-state index contributed by atoms with van der Waals surface area (Å²) >= 11 is 1.73. The first kappa shape index (κ1) is 18.8. The van der Waals surface area contributed by atoms with Crippen molar-refractivity contribution < 1.29 is 9.53 Å². The quantitative estimate of drug-likeness (QED) is 0.489. The van der Waals surface area contributed by atoms with Crippen molar-refractivity contribution in [2.75, 3.05) is 20.2 Å². The number of carbonyl (C=O) groups is 1. The largest absolute Gasteiger partial charge is 0.493 e. The Kier molecular flexibility index (Phi) is 4.96. The molecular formula is C23H22N4O2S. The Morgan fingerprint density at radius 3 is 2.73 bits per heavy atom. The summed E-state index contributed by atoms with van der Waals surface area (Å²) in [5.74, 6) is 0.653. The normalized spacial score (nSPS) is 16.7. The SMILES string of the molecule is COc1cn(-c2ccccc2)nc1C(=O)N1CCC[C@@H](c2nc3ccccc3s2)C1. The lowest BCUT2D eigenvalue weighted by Crippen LogP contribution is -2.39. The Labute approximate surface area is 178 Å². The van der Waals surface area contributed by atoms with Crippen LogP contribution in [0.2, 0.25) is 0 Å². The third-order valence-corrected chi connectivity index (χ3v) is 6.69. The molecule has 1 atom stereocenters. The van der Waals surface area contributed by atoms with Gasteiger partial charge in [-0.3, -0.25) is 4.79 Å². The molecule has 1 aliphatic rings. The van der Waals surface area contributed by atoms with E-state index in [9.17, 15) is 4.79 Å². The molecule has 1 aliphatic heterocycles. The molecule has 2 aromatic carbocycles. The van der Waals surface area contributed by atoms with Crippen molar-refractivity contribution in [3.05, 3.63) is 71.5 Å². The van der Waals surface area contributed by atoms with Crippen LogP contribution in [0.4, 0.5) is 0 Å². The molecule has 6 nitrogen and oxygen atoms in total. The number of hydrogen-bond acceptors (Lipinski definition) is 5. The zero-order valence-corrected chi connectivity index (χ0v) is 17.5. The zero-order chi connectivity index (χ0) is 20.5. The number of carbonyl (C=O) groups excluding carboxylic acids is 1. The number of fused-ring (bicyclic) bond motifs is 1. The van der Waals surface area contributed by atoms with Gasteiger partial charge in [0.05, 0.1) is 34.2 Å². The number of nitrogens with zero attached hydrogens (tertiary/aromatic N) is 4. The fourth-order valence-corrected chi connectivity index (χ4v) is 5.04. The highest BCUT2D eigenvalue weighted by molar-refractivity contribution is 7.18. The third kappa shape index (κ3) is 3.45. The lowest BCUT2D eigenvalue weighted by atomic mass is 9.98. The minimum absolute atomic E-state index is 0.0904. The van der Waals surface area contributed by atoms with E-state index in [1.54, 1.807) is 29.3 Å². The van der Waals surface area contributed by atoms with Crippen LogP contribution in [0.25, 0.3) is 15.9 Å². The molecule has 0 radical (unpaired) electrons. The van der Waals surface area contributed by atoms with Crippen LogP contribution in [0.5, 0.6) is 5.75 Å². The van der Waals surface area contributed by atoms with E-state index >= 15 is 0 Å². The number of benzene rings is 2. The van der Waals surface area contributed by atoms with Crippen LogP contribution in [0, 0.1) is 0 Å². The van der Waals surface area contributed by atoms with Crippen LogP contribution >= 0.6 is 11.3 Å². The average Bonchev–Trinajstić information content (AvgIpc) is 3.44. The second-order valence-corrected chi connectivity index (χ2v) is 8.50. The van der Waals surface area contributed by atoms with E-state index in [4.69, 9.17) is 9.72 Å². The van der Waals surface area contributed by atoms with Crippen molar-refractivity contribution in [2.45, 2.75) is 18.8 Å². The molecule has 30 heavy (non-hydrogen) atoms. The fraction of sp³-hybridized carbons (Fsp3) is 0.261. The van der Waals surface area contributed by atoms with Crippen molar-refractivity contribution in [1.82, 2.24) is 19.7 Å². The van der Waals surface area contributed by atoms with Crippen LogP contribution in [0.1, 0.15) is 34.3 Å². The maximum Gasteiger partial charge on any atom is 0.278 e. The summed E-state index contributed by atoms with van der Waals surface area (Å²) in [6.45, 7) is 1.38. The van der Waals surface area contributed by atoms with Gasteiger partial charge in [-0.15, -0.1) is 11.3 Å². The van der Waals surface area contributed by atoms with Gasteiger partial charge in [0.25, 0.3) is 5.91 Å². The van der Waals surface area contributed by atoms with Crippen LogP contribution in [0.15, 0.2) is 60.8 Å². The summed E-state index contributed by atoms with van der Waals surface area (Å²) in [5.41, 5.74) is 2.27. The molecule has 1 saturated heterocycles. The predicted molar refractivity (Wildman–Crippen MR) is 118 cm³/mol. The predicted octanol–water partition coefficient (Wildman–Crippen LogP) is 4.51. The molecule has 1 fully saturated rings. The summed E-state index contributed by atoms with van der Waals surface area (Å²) in [6.07, 6.45) is 3.75. The maximum atomic E-state index is 13.3. The number of amides is 1. The molecule has 0 spiro atoms. The summed E-state index contributed by atoms with van der Waals surface area (Å²) in [6, 6.07) is 17.9. The summed E-state index contributed by atoms with van der Waals surface area (Å²) in [7, 11) is 1.57. The van der Waals surface area contributed by atoms with Crippen molar-refractivity contribution >= 4 is 27.5 Å². The maximum absolute atomic E-state index is 13.3. The molecule has 0 bridgehead atoms. The van der Waals surface area contributed by atoms with E-state index in [0.717, 1.165) is 35.6 Å². The Hall–Kier alpha value is -3.19. The summed E-state index contributed by atoms with van der Waals surface area (Å²) in [4.78, 5) is 20.0. The second kappa shape index (κ2) is 7.91. The number of thiazole rings is 1. The van der Waals surface area contributed by atoms with E-state index < -0.39 is 0 Å². The number of ether oxygens (including phenoxy) is 1. The Morgan fingerprint density at radius 2 is 1.93 bits per heavy atom. The van der Waals surface area contributed by atoms with Gasteiger partial charge in [-0.05, 0) is 37.1 Å². The molecule has 152 valence electrons. The van der Waals surface area contributed by atoms with Gasteiger partial charge in [0.15, 0.2) is 11.4 Å². The number of rotatable bonds is 4. The van der Waals surface area contributed by atoms with Crippen molar-refractivity contribution in [1.29, 1.82) is 0 Å². The van der Waals surface area contributed by atoms with Gasteiger partial charge in [-0.1, -0.05) is 30.3 Å². The first-order valence-electron chi connectivity index (χ1n) is 10.1. The third-order valence-electron chi connectivity index (χ3n) is 5.49. The topological polar surface area (TPSA) is 60.3 Å². The number of para-hydroxylation sites is 2.